The van der Waals surface area contributed by atoms with Crippen LogP contribution in [0.5, 0.6) is 0 Å². The highest BCUT2D eigenvalue weighted by atomic mass is 19.1. The third-order valence-electron chi connectivity index (χ3n) is 7.70. The second kappa shape index (κ2) is 8.45. The first kappa shape index (κ1) is 24.0. The molecule has 0 radical (unpaired) electrons. The minimum absolute atomic E-state index is 0.123. The van der Waals surface area contributed by atoms with Gasteiger partial charge in [0.2, 0.25) is 0 Å². The van der Waals surface area contributed by atoms with Crippen LogP contribution in [-0.4, -0.2) is 36.7 Å². The first-order valence-corrected chi connectivity index (χ1v) is 12.2. The molecule has 0 N–H and O–H groups in total. The minimum Gasteiger partial charge on any atom is -0.461 e. The molecule has 1 aliphatic carbocycles. The summed E-state index contributed by atoms with van der Waals surface area (Å²) < 4.78 is 32.7. The first-order chi connectivity index (χ1) is 16.5. The van der Waals surface area contributed by atoms with Crippen LogP contribution in [0, 0.1) is 5.82 Å². The first-order valence-electron chi connectivity index (χ1n) is 12.2. The zero-order valence-corrected chi connectivity index (χ0v) is 20.9. The largest absolute Gasteiger partial charge is 0.495 e. The normalized spacial score (nSPS) is 20.7. The Morgan fingerprint density at radius 1 is 1.14 bits per heavy atom. The molecular formula is C27H31BFNO5. The number of hydrogen-bond donors (Lipinski definition) is 0. The number of ether oxygens (including phenoxy) is 1. The molecule has 8 heteroatoms. The van der Waals surface area contributed by atoms with Crippen molar-refractivity contribution < 1.29 is 28.0 Å². The Balaban J connectivity index is 1.55. The molecule has 2 aromatic rings. The van der Waals surface area contributed by atoms with Crippen molar-refractivity contribution in [1.82, 2.24) is 0 Å². The smallest absolute Gasteiger partial charge is 0.461 e. The Morgan fingerprint density at radius 3 is 2.46 bits per heavy atom. The predicted octanol–water partition coefficient (Wildman–Crippen LogP) is 4.27. The maximum absolute atomic E-state index is 15.0. The van der Waals surface area contributed by atoms with Crippen LogP contribution in [0.25, 0.3) is 0 Å². The van der Waals surface area contributed by atoms with E-state index in [1.807, 2.05) is 39.8 Å². The second-order valence-corrected chi connectivity index (χ2v) is 10.8. The van der Waals surface area contributed by atoms with Gasteiger partial charge >= 0.3 is 13.1 Å². The maximum Gasteiger partial charge on any atom is 0.495 e. The molecule has 5 rings (SSSR count). The lowest BCUT2D eigenvalue weighted by atomic mass is 9.75. The van der Waals surface area contributed by atoms with Crippen LogP contribution >= 0.6 is 0 Å². The van der Waals surface area contributed by atoms with Crippen LogP contribution < -0.4 is 10.4 Å². The number of benzene rings is 2. The lowest BCUT2D eigenvalue weighted by molar-refractivity contribution is -0.142. The van der Waals surface area contributed by atoms with Gasteiger partial charge in [-0.2, -0.15) is 0 Å². The molecule has 2 fully saturated rings. The van der Waals surface area contributed by atoms with Gasteiger partial charge in [0.05, 0.1) is 16.9 Å². The molecule has 184 valence electrons. The number of fused-ring (bicyclic) bond motifs is 1. The van der Waals surface area contributed by atoms with Crippen molar-refractivity contribution in [3.63, 3.8) is 0 Å². The van der Waals surface area contributed by atoms with Crippen molar-refractivity contribution in [3.05, 3.63) is 58.4 Å². The molecule has 2 aliphatic heterocycles. The highest BCUT2D eigenvalue weighted by Gasteiger charge is 2.52. The van der Waals surface area contributed by atoms with Crippen molar-refractivity contribution in [1.29, 1.82) is 0 Å². The molecule has 0 spiro atoms. The van der Waals surface area contributed by atoms with E-state index in [4.69, 9.17) is 14.0 Å². The molecule has 35 heavy (non-hydrogen) atoms. The lowest BCUT2D eigenvalue weighted by Gasteiger charge is -2.32. The van der Waals surface area contributed by atoms with Crippen LogP contribution in [0.2, 0.25) is 0 Å². The third kappa shape index (κ3) is 4.38. The monoisotopic (exact) mass is 479 g/mol. The summed E-state index contributed by atoms with van der Waals surface area (Å²) in [6.07, 6.45) is 3.06. The third-order valence-corrected chi connectivity index (χ3v) is 7.70. The standard InChI is InChI=1S/C27H31BFNO5/c1-16(31)33-15-22-23(28-34-26(2,3)27(4,5)35-28)13-20(29)14-24(22)30-11-10-19-12-18(17-6-7-17)8-9-21(19)25(30)32/h8-9,12-14,17H,6-7,10-11,15H2,1-5H3. The molecule has 1 saturated heterocycles. The summed E-state index contributed by atoms with van der Waals surface area (Å²) >= 11 is 0. The highest BCUT2D eigenvalue weighted by molar-refractivity contribution is 6.62. The molecule has 1 amide bonds. The van der Waals surface area contributed by atoms with Gasteiger partial charge < -0.3 is 18.9 Å². The fraction of sp³-hybridized carbons (Fsp3) is 0.481. The van der Waals surface area contributed by atoms with E-state index in [1.165, 1.54) is 37.5 Å². The quantitative estimate of drug-likeness (QED) is 0.474. The van der Waals surface area contributed by atoms with E-state index in [0.29, 0.717) is 41.2 Å². The summed E-state index contributed by atoms with van der Waals surface area (Å²) in [4.78, 5) is 26.9. The molecule has 0 bridgehead atoms. The number of amides is 1. The number of esters is 1. The van der Waals surface area contributed by atoms with Crippen molar-refractivity contribution >= 4 is 30.1 Å². The van der Waals surface area contributed by atoms with Crippen molar-refractivity contribution in [3.8, 4) is 0 Å². The van der Waals surface area contributed by atoms with E-state index in [1.54, 1.807) is 4.90 Å². The summed E-state index contributed by atoms with van der Waals surface area (Å²) in [6.45, 7) is 9.26. The van der Waals surface area contributed by atoms with E-state index in [0.717, 1.165) is 5.56 Å². The van der Waals surface area contributed by atoms with E-state index < -0.39 is 30.1 Å². The summed E-state index contributed by atoms with van der Waals surface area (Å²) in [6, 6.07) is 8.73. The van der Waals surface area contributed by atoms with Crippen molar-refractivity contribution in [2.24, 2.45) is 0 Å². The predicted molar refractivity (Wildman–Crippen MR) is 131 cm³/mol. The van der Waals surface area contributed by atoms with Gasteiger partial charge in [0.1, 0.15) is 12.4 Å². The molecule has 0 atom stereocenters. The second-order valence-electron chi connectivity index (χ2n) is 10.8. The van der Waals surface area contributed by atoms with E-state index in [2.05, 4.69) is 6.07 Å². The SMILES string of the molecule is CC(=O)OCc1c(B2OC(C)(C)C(C)(C)O2)cc(F)cc1N1CCc2cc(C3CC3)ccc2C1=O. The van der Waals surface area contributed by atoms with Gasteiger partial charge in [-0.15, -0.1) is 0 Å². The minimum atomic E-state index is -0.867. The number of nitrogens with zero attached hydrogens (tertiary/aromatic N) is 1. The van der Waals surface area contributed by atoms with Gasteiger partial charge in [0, 0.05) is 24.6 Å². The Hall–Kier alpha value is -2.71. The van der Waals surface area contributed by atoms with Crippen LogP contribution in [0.4, 0.5) is 10.1 Å². The number of halogens is 1. The van der Waals surface area contributed by atoms with E-state index in [9.17, 15) is 9.59 Å². The number of carbonyl (C=O) groups excluding carboxylic acids is 2. The Kier molecular flexibility index (Phi) is 5.80. The van der Waals surface area contributed by atoms with Gasteiger partial charge in [-0.05, 0) is 87.7 Å². The Bertz CT molecular complexity index is 1190. The molecule has 2 aromatic carbocycles. The van der Waals surface area contributed by atoms with Gasteiger partial charge in [-0.25, -0.2) is 4.39 Å². The maximum atomic E-state index is 15.0. The zero-order valence-electron chi connectivity index (χ0n) is 20.9. The molecule has 0 unspecified atom stereocenters. The van der Waals surface area contributed by atoms with Crippen LogP contribution in [-0.2, 0) is 31.9 Å². The molecular weight excluding hydrogens is 448 g/mol. The topological polar surface area (TPSA) is 65.1 Å². The summed E-state index contributed by atoms with van der Waals surface area (Å²) in [5.41, 5.74) is 2.96. The van der Waals surface area contributed by atoms with Gasteiger partial charge in [-0.3, -0.25) is 9.59 Å². The number of anilines is 1. The highest BCUT2D eigenvalue weighted by Crippen LogP contribution is 2.41. The molecule has 0 aromatic heterocycles. The van der Waals surface area contributed by atoms with Crippen LogP contribution in [0.15, 0.2) is 30.3 Å². The number of hydrogen-bond acceptors (Lipinski definition) is 5. The van der Waals surface area contributed by atoms with Crippen molar-refractivity contribution in [2.75, 3.05) is 11.4 Å². The van der Waals surface area contributed by atoms with Crippen LogP contribution in [0.1, 0.15) is 80.4 Å². The average molecular weight is 479 g/mol. The molecule has 1 saturated carbocycles. The van der Waals surface area contributed by atoms with Gasteiger partial charge in [0.15, 0.2) is 0 Å². The number of carbonyl (C=O) groups is 2. The lowest BCUT2D eigenvalue weighted by Crippen LogP contribution is -2.42. The van der Waals surface area contributed by atoms with E-state index in [-0.39, 0.29) is 12.5 Å². The number of rotatable bonds is 5. The summed E-state index contributed by atoms with van der Waals surface area (Å²) in [7, 11) is -0.867. The van der Waals surface area contributed by atoms with Crippen molar-refractivity contribution in [2.45, 2.75) is 77.6 Å². The Labute approximate surface area is 205 Å². The Morgan fingerprint density at radius 2 is 1.83 bits per heavy atom. The van der Waals surface area contributed by atoms with Gasteiger partial charge in [0.25, 0.3) is 5.91 Å². The fourth-order valence-electron chi connectivity index (χ4n) is 4.80. The molecule has 2 heterocycles. The summed E-state index contributed by atoms with van der Waals surface area (Å²) in [5, 5.41) is 0. The molecule has 3 aliphatic rings. The van der Waals surface area contributed by atoms with Crippen LogP contribution in [0.3, 0.4) is 0 Å². The average Bonchev–Trinajstić information content (AvgIpc) is 3.59. The van der Waals surface area contributed by atoms with Gasteiger partial charge in [-0.1, -0.05) is 12.1 Å². The zero-order chi connectivity index (χ0) is 25.1. The fourth-order valence-corrected chi connectivity index (χ4v) is 4.80. The van der Waals surface area contributed by atoms with E-state index >= 15 is 4.39 Å². The summed E-state index contributed by atoms with van der Waals surface area (Å²) in [5.74, 6) is -0.570. The molecule has 6 nitrogen and oxygen atoms in total.